The second kappa shape index (κ2) is 3.82. The van der Waals surface area contributed by atoms with Crippen molar-refractivity contribution < 1.29 is 23.4 Å². The molecule has 0 aliphatic heterocycles. The summed E-state index contributed by atoms with van der Waals surface area (Å²) >= 11 is -3.62. The Bertz CT molecular complexity index is 342. The van der Waals surface area contributed by atoms with Crippen LogP contribution in [0.2, 0.25) is 0 Å². The number of hydrogen-bond acceptors (Lipinski definition) is 3. The molecule has 0 unspecified atom stereocenters. The molecule has 0 radical (unpaired) electrons. The Balaban J connectivity index is 0.000000853. The Kier molecular flexibility index (Phi) is 2.94. The molecule has 0 atom stereocenters. The zero-order chi connectivity index (χ0) is 9.76. The average molecular weight is 382 g/mol. The fourth-order valence-electron chi connectivity index (χ4n) is 4.31. The number of rotatable bonds is 1. The molecular formula is C11H18NO2Re-. The van der Waals surface area contributed by atoms with E-state index >= 15 is 0 Å². The molecule has 0 spiro atoms. The number of nitrogens with zero attached hydrogens (tertiary/aromatic N) is 1. The maximum absolute atomic E-state index is 10.9. The van der Waals surface area contributed by atoms with Gasteiger partial charge in [0.05, 0.1) is 0 Å². The molecule has 4 fully saturated rings. The van der Waals surface area contributed by atoms with Crippen LogP contribution in [0.25, 0.3) is 0 Å². The second-order valence-electron chi connectivity index (χ2n) is 5.43. The SMILES string of the molecule is [CH3-].[O]=[Re](=[O])=[N]C12CC3CC(CC(C3)C1)C2. The van der Waals surface area contributed by atoms with Crippen LogP contribution >= 0.6 is 0 Å². The van der Waals surface area contributed by atoms with Crippen molar-refractivity contribution in [3.8, 4) is 0 Å². The van der Waals surface area contributed by atoms with E-state index in [9.17, 15) is 6.94 Å². The van der Waals surface area contributed by atoms with Crippen LogP contribution < -0.4 is 0 Å². The van der Waals surface area contributed by atoms with Crippen LogP contribution in [0.15, 0.2) is 3.57 Å². The Morgan fingerprint density at radius 3 is 1.67 bits per heavy atom. The predicted octanol–water partition coefficient (Wildman–Crippen LogP) is 2.90. The van der Waals surface area contributed by atoms with Gasteiger partial charge in [0.1, 0.15) is 0 Å². The van der Waals surface area contributed by atoms with E-state index in [2.05, 4.69) is 3.57 Å². The molecule has 4 saturated carbocycles. The summed E-state index contributed by atoms with van der Waals surface area (Å²) in [6.45, 7) is 0. The van der Waals surface area contributed by atoms with E-state index in [1.165, 1.54) is 19.3 Å². The van der Waals surface area contributed by atoms with Gasteiger partial charge in [-0.2, -0.15) is 0 Å². The topological polar surface area (TPSA) is 46.5 Å². The predicted molar refractivity (Wildman–Crippen MR) is 51.1 cm³/mol. The van der Waals surface area contributed by atoms with E-state index in [0.29, 0.717) is 0 Å². The van der Waals surface area contributed by atoms with Crippen LogP contribution in [0.4, 0.5) is 0 Å². The van der Waals surface area contributed by atoms with Gasteiger partial charge in [-0.15, -0.1) is 0 Å². The third-order valence-electron chi connectivity index (χ3n) is 4.25. The minimum atomic E-state index is -3.62. The van der Waals surface area contributed by atoms with E-state index < -0.39 is 16.5 Å². The molecule has 0 amide bonds. The van der Waals surface area contributed by atoms with Crippen molar-refractivity contribution >= 4 is 0 Å². The summed E-state index contributed by atoms with van der Waals surface area (Å²) in [5.41, 5.74) is -0.0954. The van der Waals surface area contributed by atoms with Crippen LogP contribution in [0.5, 0.6) is 0 Å². The Labute approximate surface area is 96.4 Å². The van der Waals surface area contributed by atoms with Crippen molar-refractivity contribution in [2.24, 2.45) is 21.3 Å². The van der Waals surface area contributed by atoms with Gasteiger partial charge in [-0.3, -0.25) is 0 Å². The molecule has 4 heteroatoms. The monoisotopic (exact) mass is 383 g/mol. The number of hydrogen-bond donors (Lipinski definition) is 0. The normalized spacial score (nSPS) is 46.0. The first kappa shape index (κ1) is 11.5. The van der Waals surface area contributed by atoms with E-state index in [-0.39, 0.29) is 13.0 Å². The summed E-state index contributed by atoms with van der Waals surface area (Å²) in [5.74, 6) is 2.39. The average Bonchev–Trinajstić information content (AvgIpc) is 1.96. The van der Waals surface area contributed by atoms with Gasteiger partial charge in [-0.05, 0) is 0 Å². The molecule has 0 aromatic heterocycles. The molecule has 4 aliphatic carbocycles. The van der Waals surface area contributed by atoms with E-state index in [0.717, 1.165) is 37.0 Å². The fourth-order valence-corrected chi connectivity index (χ4v) is 6.11. The van der Waals surface area contributed by atoms with E-state index in [1.54, 1.807) is 0 Å². The van der Waals surface area contributed by atoms with Crippen molar-refractivity contribution in [2.45, 2.75) is 44.1 Å². The van der Waals surface area contributed by atoms with Crippen LogP contribution in [0, 0.1) is 25.2 Å². The van der Waals surface area contributed by atoms with Gasteiger partial charge in [0.15, 0.2) is 0 Å². The summed E-state index contributed by atoms with van der Waals surface area (Å²) in [5, 5.41) is 0. The van der Waals surface area contributed by atoms with Gasteiger partial charge >= 0.3 is 88.8 Å². The first-order valence-electron chi connectivity index (χ1n) is 5.44. The van der Waals surface area contributed by atoms with Crippen molar-refractivity contribution in [3.05, 3.63) is 7.43 Å². The molecule has 4 bridgehead atoms. The van der Waals surface area contributed by atoms with Crippen molar-refractivity contribution in [1.82, 2.24) is 0 Å². The van der Waals surface area contributed by atoms with Gasteiger partial charge in [0, 0.05) is 0 Å². The molecular weight excluding hydrogens is 364 g/mol. The van der Waals surface area contributed by atoms with E-state index in [4.69, 9.17) is 0 Å². The summed E-state index contributed by atoms with van der Waals surface area (Å²) in [6, 6.07) is 0. The second-order valence-corrected chi connectivity index (χ2v) is 7.48. The van der Waals surface area contributed by atoms with Gasteiger partial charge in [0.2, 0.25) is 0 Å². The molecule has 0 heterocycles. The molecule has 0 aromatic carbocycles. The van der Waals surface area contributed by atoms with Crippen LogP contribution in [-0.4, -0.2) is 5.54 Å². The van der Waals surface area contributed by atoms with Crippen molar-refractivity contribution in [2.75, 3.05) is 0 Å². The third-order valence-corrected chi connectivity index (χ3v) is 6.04. The van der Waals surface area contributed by atoms with Crippen molar-refractivity contribution in [1.29, 1.82) is 0 Å². The van der Waals surface area contributed by atoms with Gasteiger partial charge in [0.25, 0.3) is 0 Å². The molecule has 4 aliphatic rings. The van der Waals surface area contributed by atoms with Gasteiger partial charge in [-0.1, -0.05) is 0 Å². The quantitative estimate of drug-likeness (QED) is 0.655. The van der Waals surface area contributed by atoms with Gasteiger partial charge < -0.3 is 7.43 Å². The molecule has 3 nitrogen and oxygen atoms in total. The Morgan fingerprint density at radius 1 is 0.933 bits per heavy atom. The van der Waals surface area contributed by atoms with Crippen LogP contribution in [0.3, 0.4) is 0 Å². The Morgan fingerprint density at radius 2 is 1.33 bits per heavy atom. The molecule has 15 heavy (non-hydrogen) atoms. The fraction of sp³-hybridized carbons (Fsp3) is 0.909. The maximum atomic E-state index is 10.9. The molecule has 87 valence electrons. The molecule has 0 N–H and O–H groups in total. The summed E-state index contributed by atoms with van der Waals surface area (Å²) in [4.78, 5) is 0. The summed E-state index contributed by atoms with van der Waals surface area (Å²) in [7, 11) is 0. The molecule has 0 aromatic rings. The molecule has 0 saturated heterocycles. The summed E-state index contributed by atoms with van der Waals surface area (Å²) < 4.78 is 25.9. The van der Waals surface area contributed by atoms with Crippen molar-refractivity contribution in [3.63, 3.8) is 0 Å². The Hall–Kier alpha value is 0.0623. The van der Waals surface area contributed by atoms with E-state index in [1.807, 2.05) is 0 Å². The zero-order valence-electron chi connectivity index (χ0n) is 9.12. The first-order chi connectivity index (χ1) is 6.65. The zero-order valence-corrected chi connectivity index (χ0v) is 11.8. The van der Waals surface area contributed by atoms with Crippen LogP contribution in [-0.2, 0) is 23.4 Å². The van der Waals surface area contributed by atoms with Crippen LogP contribution in [0.1, 0.15) is 38.5 Å². The first-order valence-corrected chi connectivity index (χ1v) is 8.87. The van der Waals surface area contributed by atoms with Gasteiger partial charge in [-0.25, -0.2) is 0 Å². The molecule has 4 rings (SSSR count). The summed E-state index contributed by atoms with van der Waals surface area (Å²) in [6.07, 6.45) is 7.28. The minimum absolute atomic E-state index is 0. The standard InChI is InChI=1S/C10H15N.CH3.2O.Re/c11-10-4-7-1-8(5-10)3-9(2-7)6-10;;;;/h7-9H,1-6H2;1H3;;;/q;-1;;;. The third kappa shape index (κ3) is 1.99.